The molecule has 2 N–H and O–H groups in total. The van der Waals surface area contributed by atoms with Crippen LogP contribution >= 0.6 is 11.3 Å². The van der Waals surface area contributed by atoms with Gasteiger partial charge < -0.3 is 15.2 Å². The predicted molar refractivity (Wildman–Crippen MR) is 107 cm³/mol. The third-order valence-corrected chi connectivity index (χ3v) is 5.90. The molecule has 148 valence electrons. The molecule has 1 saturated heterocycles. The average Bonchev–Trinajstić information content (AvgIpc) is 3.00. The first-order chi connectivity index (χ1) is 13.1. The lowest BCUT2D eigenvalue weighted by Gasteiger charge is -2.25. The molecular weight excluding hydrogens is 364 g/mol. The molecule has 0 spiro atoms. The van der Waals surface area contributed by atoms with Crippen LogP contribution in [0.5, 0.6) is 0 Å². The monoisotopic (exact) mass is 392 g/mol. The summed E-state index contributed by atoms with van der Waals surface area (Å²) in [7, 11) is 0. The number of thiophene rings is 1. The van der Waals surface area contributed by atoms with E-state index in [0.717, 1.165) is 47.1 Å². The lowest BCUT2D eigenvalue weighted by atomic mass is 10.1. The van der Waals surface area contributed by atoms with Gasteiger partial charge in [0.2, 0.25) is 0 Å². The molecule has 0 amide bonds. The Bertz CT molecular complexity index is 787. The van der Waals surface area contributed by atoms with Crippen molar-refractivity contribution in [2.24, 2.45) is 0 Å². The molecule has 0 unspecified atom stereocenters. The van der Waals surface area contributed by atoms with Gasteiger partial charge in [0.15, 0.2) is 0 Å². The standard InChI is InChI=1S/C19H28N4O3S/c1-3-26-19(25)16-13(2)15-17(20-8-7-11-24)21-14(22-18(15)27-16)12-23-9-5-4-6-10-23/h24H,3-12H2,1-2H3,(H,20,21,22). The van der Waals surface area contributed by atoms with Gasteiger partial charge in [0.1, 0.15) is 21.3 Å². The zero-order valence-electron chi connectivity index (χ0n) is 16.1. The highest BCUT2D eigenvalue weighted by Gasteiger charge is 2.22. The van der Waals surface area contributed by atoms with E-state index in [4.69, 9.17) is 19.8 Å². The summed E-state index contributed by atoms with van der Waals surface area (Å²) in [6.45, 7) is 7.68. The molecule has 3 rings (SSSR count). The number of anilines is 1. The number of rotatable bonds is 8. The van der Waals surface area contributed by atoms with Crippen molar-refractivity contribution in [2.45, 2.75) is 46.1 Å². The number of aliphatic hydroxyl groups excluding tert-OH is 1. The van der Waals surface area contributed by atoms with Crippen LogP contribution in [0.4, 0.5) is 5.82 Å². The van der Waals surface area contributed by atoms with Gasteiger partial charge in [0.25, 0.3) is 0 Å². The molecule has 0 atom stereocenters. The van der Waals surface area contributed by atoms with Crippen LogP contribution < -0.4 is 5.32 Å². The molecule has 2 aromatic rings. The molecule has 1 aliphatic heterocycles. The van der Waals surface area contributed by atoms with Crippen LogP contribution in [-0.2, 0) is 11.3 Å². The number of hydrogen-bond donors (Lipinski definition) is 2. The number of aromatic nitrogens is 2. The number of aryl methyl sites for hydroxylation is 1. The van der Waals surface area contributed by atoms with E-state index in [1.807, 2.05) is 6.92 Å². The van der Waals surface area contributed by atoms with Crippen molar-refractivity contribution in [3.8, 4) is 0 Å². The van der Waals surface area contributed by atoms with Crippen LogP contribution in [0.15, 0.2) is 0 Å². The van der Waals surface area contributed by atoms with Gasteiger partial charge in [-0.15, -0.1) is 11.3 Å². The molecule has 7 nitrogen and oxygen atoms in total. The van der Waals surface area contributed by atoms with Gasteiger partial charge in [-0.25, -0.2) is 14.8 Å². The van der Waals surface area contributed by atoms with Gasteiger partial charge >= 0.3 is 5.97 Å². The van der Waals surface area contributed by atoms with Crippen molar-refractivity contribution in [1.82, 2.24) is 14.9 Å². The lowest BCUT2D eigenvalue weighted by molar-refractivity contribution is 0.0531. The van der Waals surface area contributed by atoms with Crippen LogP contribution in [0.25, 0.3) is 10.2 Å². The second-order valence-corrected chi connectivity index (χ2v) is 7.79. The highest BCUT2D eigenvalue weighted by molar-refractivity contribution is 7.20. The van der Waals surface area contributed by atoms with Crippen molar-refractivity contribution in [2.75, 3.05) is 38.2 Å². The van der Waals surface area contributed by atoms with E-state index in [1.54, 1.807) is 6.92 Å². The van der Waals surface area contributed by atoms with Crippen molar-refractivity contribution in [1.29, 1.82) is 0 Å². The maximum absolute atomic E-state index is 12.3. The smallest absolute Gasteiger partial charge is 0.348 e. The summed E-state index contributed by atoms with van der Waals surface area (Å²) in [6, 6.07) is 0. The molecule has 8 heteroatoms. The molecule has 1 aliphatic rings. The van der Waals surface area contributed by atoms with Crippen LogP contribution in [0.3, 0.4) is 0 Å². The van der Waals surface area contributed by atoms with Crippen LogP contribution in [0, 0.1) is 6.92 Å². The second-order valence-electron chi connectivity index (χ2n) is 6.79. The molecule has 0 radical (unpaired) electrons. The zero-order chi connectivity index (χ0) is 19.2. The molecule has 3 heterocycles. The van der Waals surface area contributed by atoms with E-state index < -0.39 is 0 Å². The highest BCUT2D eigenvalue weighted by atomic mass is 32.1. The summed E-state index contributed by atoms with van der Waals surface area (Å²) in [6.07, 6.45) is 4.36. The fourth-order valence-corrected chi connectivity index (χ4v) is 4.47. The SMILES string of the molecule is CCOC(=O)c1sc2nc(CN3CCCCC3)nc(NCCCO)c2c1C. The lowest BCUT2D eigenvalue weighted by Crippen LogP contribution is -2.30. The number of nitrogens with one attached hydrogen (secondary N) is 1. The first-order valence-electron chi connectivity index (χ1n) is 9.68. The Hall–Kier alpha value is -1.77. The third-order valence-electron chi connectivity index (χ3n) is 4.74. The Morgan fingerprint density at radius 2 is 2.07 bits per heavy atom. The minimum Gasteiger partial charge on any atom is -0.462 e. The molecule has 0 aliphatic carbocycles. The van der Waals surface area contributed by atoms with Gasteiger partial charge in [-0.05, 0) is 51.8 Å². The number of ether oxygens (including phenoxy) is 1. The van der Waals surface area contributed by atoms with Gasteiger partial charge in [0, 0.05) is 13.2 Å². The Labute approximate surface area is 163 Å². The summed E-state index contributed by atoms with van der Waals surface area (Å²) in [4.78, 5) is 25.6. The fraction of sp³-hybridized carbons (Fsp3) is 0.632. The van der Waals surface area contributed by atoms with Crippen molar-refractivity contribution in [3.63, 3.8) is 0 Å². The molecule has 2 aromatic heterocycles. The van der Waals surface area contributed by atoms with Crippen LogP contribution in [0.1, 0.15) is 53.7 Å². The van der Waals surface area contributed by atoms with E-state index in [2.05, 4.69) is 10.2 Å². The van der Waals surface area contributed by atoms with E-state index in [-0.39, 0.29) is 12.6 Å². The number of hydrogen-bond acceptors (Lipinski definition) is 8. The molecule has 1 fully saturated rings. The topological polar surface area (TPSA) is 87.6 Å². The molecule has 0 aromatic carbocycles. The Kier molecular flexibility index (Phi) is 6.98. The molecule has 27 heavy (non-hydrogen) atoms. The van der Waals surface area contributed by atoms with Crippen molar-refractivity contribution < 1.29 is 14.6 Å². The predicted octanol–water partition coefficient (Wildman–Crippen LogP) is 2.96. The summed E-state index contributed by atoms with van der Waals surface area (Å²) < 4.78 is 5.19. The van der Waals surface area contributed by atoms with E-state index in [1.165, 1.54) is 30.6 Å². The normalized spacial score (nSPS) is 15.2. The quantitative estimate of drug-likeness (QED) is 0.527. The first kappa shape index (κ1) is 20.0. The second kappa shape index (κ2) is 9.43. The largest absolute Gasteiger partial charge is 0.462 e. The minimum absolute atomic E-state index is 0.124. The molecule has 0 saturated carbocycles. The Morgan fingerprint density at radius 3 is 2.78 bits per heavy atom. The summed E-state index contributed by atoms with van der Waals surface area (Å²) in [5, 5.41) is 13.3. The summed E-state index contributed by atoms with van der Waals surface area (Å²) in [5.41, 5.74) is 0.851. The number of carbonyl (C=O) groups is 1. The zero-order valence-corrected chi connectivity index (χ0v) is 16.9. The number of carbonyl (C=O) groups excluding carboxylic acids is 1. The van der Waals surface area contributed by atoms with Gasteiger partial charge in [0.05, 0.1) is 18.5 Å². The van der Waals surface area contributed by atoms with Crippen LogP contribution in [-0.4, -0.2) is 58.8 Å². The van der Waals surface area contributed by atoms with Crippen molar-refractivity contribution in [3.05, 3.63) is 16.3 Å². The molecule has 0 bridgehead atoms. The van der Waals surface area contributed by atoms with Gasteiger partial charge in [-0.1, -0.05) is 6.42 Å². The minimum atomic E-state index is -0.308. The summed E-state index contributed by atoms with van der Waals surface area (Å²) in [5.74, 6) is 1.20. The van der Waals surface area contributed by atoms with E-state index in [0.29, 0.717) is 24.4 Å². The number of fused-ring (bicyclic) bond motifs is 1. The van der Waals surface area contributed by atoms with Crippen molar-refractivity contribution >= 4 is 33.3 Å². The maximum Gasteiger partial charge on any atom is 0.348 e. The number of likely N-dealkylation sites (tertiary alicyclic amines) is 1. The summed E-state index contributed by atoms with van der Waals surface area (Å²) >= 11 is 1.37. The number of esters is 1. The average molecular weight is 393 g/mol. The molecular formula is C19H28N4O3S. The number of aliphatic hydroxyl groups is 1. The Balaban J connectivity index is 1.95. The fourth-order valence-electron chi connectivity index (χ4n) is 3.38. The van der Waals surface area contributed by atoms with Crippen LogP contribution in [0.2, 0.25) is 0 Å². The number of nitrogens with zero attached hydrogens (tertiary/aromatic N) is 3. The first-order valence-corrected chi connectivity index (χ1v) is 10.5. The maximum atomic E-state index is 12.3. The van der Waals surface area contributed by atoms with E-state index in [9.17, 15) is 4.79 Å². The number of piperidine rings is 1. The van der Waals surface area contributed by atoms with Gasteiger partial charge in [-0.2, -0.15) is 0 Å². The third kappa shape index (κ3) is 4.75. The van der Waals surface area contributed by atoms with E-state index >= 15 is 0 Å². The Morgan fingerprint density at radius 1 is 1.30 bits per heavy atom. The highest BCUT2D eigenvalue weighted by Crippen LogP contribution is 2.34. The van der Waals surface area contributed by atoms with Gasteiger partial charge in [-0.3, -0.25) is 4.90 Å².